The van der Waals surface area contributed by atoms with Crippen molar-refractivity contribution < 1.29 is 9.47 Å². The van der Waals surface area contributed by atoms with E-state index >= 15 is 0 Å². The summed E-state index contributed by atoms with van der Waals surface area (Å²) in [5, 5.41) is 3.72. The number of hydrogen-bond acceptors (Lipinski definition) is 4. The fourth-order valence-corrected chi connectivity index (χ4v) is 2.97. The minimum Gasteiger partial charge on any atom is -0.382 e. The molecule has 1 saturated heterocycles. The third-order valence-corrected chi connectivity index (χ3v) is 4.35. The van der Waals surface area contributed by atoms with E-state index in [-0.39, 0.29) is 6.10 Å². The largest absolute Gasteiger partial charge is 0.382 e. The van der Waals surface area contributed by atoms with E-state index in [4.69, 9.17) is 9.47 Å². The van der Waals surface area contributed by atoms with E-state index in [1.165, 1.54) is 25.8 Å². The molecule has 1 aliphatic heterocycles. The van der Waals surface area contributed by atoms with Gasteiger partial charge in [0, 0.05) is 45.9 Å². The van der Waals surface area contributed by atoms with Crippen molar-refractivity contribution in [2.75, 3.05) is 40.5 Å². The Kier molecular flexibility index (Phi) is 5.42. The van der Waals surface area contributed by atoms with Crippen molar-refractivity contribution in [1.29, 1.82) is 0 Å². The third-order valence-electron chi connectivity index (χ3n) is 4.35. The number of methoxy groups -OCH3 is 2. The molecule has 0 aromatic heterocycles. The summed E-state index contributed by atoms with van der Waals surface area (Å²) in [7, 11) is 3.53. The van der Waals surface area contributed by atoms with Gasteiger partial charge in [0.05, 0.1) is 12.7 Å². The number of nitrogens with one attached hydrogen (secondary N) is 1. The summed E-state index contributed by atoms with van der Waals surface area (Å²) in [6.45, 7) is 6.25. The van der Waals surface area contributed by atoms with Gasteiger partial charge in [-0.15, -0.1) is 0 Å². The SMILES string of the molecule is CCC1CNC(C2CC2)CN1CC(COC)OC. The quantitative estimate of drug-likeness (QED) is 0.740. The highest BCUT2D eigenvalue weighted by Gasteiger charge is 2.37. The lowest BCUT2D eigenvalue weighted by Gasteiger charge is -2.41. The van der Waals surface area contributed by atoms with E-state index < -0.39 is 0 Å². The minimum absolute atomic E-state index is 0.196. The van der Waals surface area contributed by atoms with E-state index in [1.807, 2.05) is 0 Å². The van der Waals surface area contributed by atoms with Gasteiger partial charge in [-0.3, -0.25) is 4.90 Å². The summed E-state index contributed by atoms with van der Waals surface area (Å²) in [6.07, 6.45) is 4.22. The maximum Gasteiger partial charge on any atom is 0.0931 e. The Morgan fingerprint density at radius 3 is 2.67 bits per heavy atom. The van der Waals surface area contributed by atoms with E-state index in [0.29, 0.717) is 18.7 Å². The van der Waals surface area contributed by atoms with E-state index in [2.05, 4.69) is 17.1 Å². The van der Waals surface area contributed by atoms with E-state index in [1.54, 1.807) is 14.2 Å². The number of hydrogen-bond donors (Lipinski definition) is 1. The predicted molar refractivity (Wildman–Crippen MR) is 72.8 cm³/mol. The van der Waals surface area contributed by atoms with Crippen LogP contribution in [-0.2, 0) is 9.47 Å². The van der Waals surface area contributed by atoms with Gasteiger partial charge in [0.25, 0.3) is 0 Å². The molecular formula is C14H28N2O2. The monoisotopic (exact) mass is 256 g/mol. The zero-order valence-electron chi connectivity index (χ0n) is 12.0. The Morgan fingerprint density at radius 1 is 1.33 bits per heavy atom. The van der Waals surface area contributed by atoms with Gasteiger partial charge in [-0.2, -0.15) is 0 Å². The van der Waals surface area contributed by atoms with Gasteiger partial charge in [-0.25, -0.2) is 0 Å². The molecule has 2 rings (SSSR count). The highest BCUT2D eigenvalue weighted by atomic mass is 16.5. The van der Waals surface area contributed by atoms with Gasteiger partial charge in [0.1, 0.15) is 0 Å². The molecule has 1 saturated carbocycles. The lowest BCUT2D eigenvalue weighted by Crippen LogP contribution is -2.58. The van der Waals surface area contributed by atoms with Gasteiger partial charge in [-0.1, -0.05) is 6.92 Å². The van der Waals surface area contributed by atoms with Gasteiger partial charge in [-0.05, 0) is 25.2 Å². The summed E-state index contributed by atoms with van der Waals surface area (Å²) >= 11 is 0. The number of rotatable bonds is 7. The molecule has 106 valence electrons. The average molecular weight is 256 g/mol. The molecule has 4 heteroatoms. The van der Waals surface area contributed by atoms with Crippen molar-refractivity contribution in [2.45, 2.75) is 44.4 Å². The highest BCUT2D eigenvalue weighted by molar-refractivity contribution is 4.94. The second-order valence-corrected chi connectivity index (χ2v) is 5.68. The molecule has 4 nitrogen and oxygen atoms in total. The van der Waals surface area contributed by atoms with Crippen molar-refractivity contribution in [2.24, 2.45) is 5.92 Å². The van der Waals surface area contributed by atoms with Crippen LogP contribution in [0.2, 0.25) is 0 Å². The molecule has 18 heavy (non-hydrogen) atoms. The maximum absolute atomic E-state index is 5.51. The molecule has 0 aromatic carbocycles. The minimum atomic E-state index is 0.196. The second-order valence-electron chi connectivity index (χ2n) is 5.68. The van der Waals surface area contributed by atoms with Gasteiger partial charge in [0.2, 0.25) is 0 Å². The van der Waals surface area contributed by atoms with Crippen molar-refractivity contribution >= 4 is 0 Å². The molecular weight excluding hydrogens is 228 g/mol. The maximum atomic E-state index is 5.51. The van der Waals surface area contributed by atoms with Crippen LogP contribution in [0.3, 0.4) is 0 Å². The first-order valence-corrected chi connectivity index (χ1v) is 7.27. The van der Waals surface area contributed by atoms with Gasteiger partial charge < -0.3 is 14.8 Å². The molecule has 3 unspecified atom stereocenters. The van der Waals surface area contributed by atoms with Crippen LogP contribution < -0.4 is 5.32 Å². The fourth-order valence-electron chi connectivity index (χ4n) is 2.97. The Morgan fingerprint density at radius 2 is 2.11 bits per heavy atom. The molecule has 3 atom stereocenters. The van der Waals surface area contributed by atoms with Crippen LogP contribution in [0.25, 0.3) is 0 Å². The topological polar surface area (TPSA) is 33.7 Å². The second kappa shape index (κ2) is 6.85. The average Bonchev–Trinajstić information content (AvgIpc) is 3.22. The Bertz CT molecular complexity index is 246. The summed E-state index contributed by atoms with van der Waals surface area (Å²) in [6, 6.07) is 1.35. The first kappa shape index (κ1) is 14.3. The molecule has 0 spiro atoms. The Labute approximate surface area is 111 Å². The van der Waals surface area contributed by atoms with Crippen molar-refractivity contribution in [3.8, 4) is 0 Å². The van der Waals surface area contributed by atoms with Gasteiger partial charge >= 0.3 is 0 Å². The lowest BCUT2D eigenvalue weighted by molar-refractivity contribution is -0.0123. The molecule has 2 fully saturated rings. The summed E-state index contributed by atoms with van der Waals surface area (Å²) in [5.41, 5.74) is 0. The smallest absolute Gasteiger partial charge is 0.0931 e. The normalized spacial score (nSPS) is 31.5. The Balaban J connectivity index is 1.87. The summed E-state index contributed by atoms with van der Waals surface area (Å²) < 4.78 is 10.7. The van der Waals surface area contributed by atoms with Crippen LogP contribution in [0.1, 0.15) is 26.2 Å². The lowest BCUT2D eigenvalue weighted by atomic mass is 10.0. The zero-order valence-corrected chi connectivity index (χ0v) is 12.0. The standard InChI is InChI=1S/C14H28N2O2/c1-4-12-7-15-14(11-5-6-11)9-16(12)8-13(18-3)10-17-2/h11-15H,4-10H2,1-3H3. The molecule has 1 aliphatic carbocycles. The van der Waals surface area contributed by atoms with Crippen LogP contribution in [0.4, 0.5) is 0 Å². The van der Waals surface area contributed by atoms with Gasteiger partial charge in [0.15, 0.2) is 0 Å². The first-order chi connectivity index (χ1) is 8.78. The first-order valence-electron chi connectivity index (χ1n) is 7.27. The molecule has 0 aromatic rings. The van der Waals surface area contributed by atoms with Crippen molar-refractivity contribution in [3.05, 3.63) is 0 Å². The molecule has 1 heterocycles. The van der Waals surface area contributed by atoms with Crippen LogP contribution >= 0.6 is 0 Å². The summed E-state index contributed by atoms with van der Waals surface area (Å²) in [4.78, 5) is 2.60. The van der Waals surface area contributed by atoms with E-state index in [9.17, 15) is 0 Å². The molecule has 0 bridgehead atoms. The summed E-state index contributed by atoms with van der Waals surface area (Å²) in [5.74, 6) is 0.925. The van der Waals surface area contributed by atoms with Crippen LogP contribution in [0.15, 0.2) is 0 Å². The fraction of sp³-hybridized carbons (Fsp3) is 1.00. The van der Waals surface area contributed by atoms with Crippen molar-refractivity contribution in [3.63, 3.8) is 0 Å². The molecule has 0 amide bonds. The molecule has 0 radical (unpaired) electrons. The molecule has 1 N–H and O–H groups in total. The van der Waals surface area contributed by atoms with Crippen molar-refractivity contribution in [1.82, 2.24) is 10.2 Å². The van der Waals surface area contributed by atoms with Crippen LogP contribution in [0.5, 0.6) is 0 Å². The number of piperazine rings is 1. The highest BCUT2D eigenvalue weighted by Crippen LogP contribution is 2.34. The van der Waals surface area contributed by atoms with E-state index in [0.717, 1.165) is 19.0 Å². The zero-order chi connectivity index (χ0) is 13.0. The Hall–Kier alpha value is -0.160. The van der Waals surface area contributed by atoms with Crippen LogP contribution in [0, 0.1) is 5.92 Å². The number of ether oxygens (including phenoxy) is 2. The predicted octanol–water partition coefficient (Wildman–Crippen LogP) is 1.11. The number of nitrogens with zero attached hydrogens (tertiary/aromatic N) is 1. The third kappa shape index (κ3) is 3.67. The van der Waals surface area contributed by atoms with Crippen LogP contribution in [-0.4, -0.2) is 63.5 Å². The molecule has 2 aliphatic rings.